The third-order valence-corrected chi connectivity index (χ3v) is 5.34. The van der Waals surface area contributed by atoms with E-state index in [1.807, 2.05) is 29.2 Å². The Bertz CT molecular complexity index is 837. The van der Waals surface area contributed by atoms with E-state index in [0.717, 1.165) is 29.1 Å². The predicted octanol–water partition coefficient (Wildman–Crippen LogP) is 3.69. The number of amides is 1. The first-order valence-corrected chi connectivity index (χ1v) is 8.92. The van der Waals surface area contributed by atoms with Gasteiger partial charge in [-0.15, -0.1) is 11.3 Å². The summed E-state index contributed by atoms with van der Waals surface area (Å²) in [6.07, 6.45) is 6.35. The lowest BCUT2D eigenvalue weighted by atomic mass is 10.0. The van der Waals surface area contributed by atoms with Gasteiger partial charge in [-0.05, 0) is 36.5 Å². The Kier molecular flexibility index (Phi) is 3.84. The lowest BCUT2D eigenvalue weighted by molar-refractivity contribution is -0.131. The van der Waals surface area contributed by atoms with E-state index in [9.17, 15) is 9.18 Å². The van der Waals surface area contributed by atoms with Crippen LogP contribution in [0.15, 0.2) is 42.0 Å². The summed E-state index contributed by atoms with van der Waals surface area (Å²) in [5.41, 5.74) is 1.79. The minimum absolute atomic E-state index is 0.0156. The summed E-state index contributed by atoms with van der Waals surface area (Å²) in [6.45, 7) is 0. The van der Waals surface area contributed by atoms with E-state index in [0.29, 0.717) is 5.92 Å². The number of nitrogens with zero attached hydrogens (tertiary/aromatic N) is 3. The van der Waals surface area contributed by atoms with Crippen molar-refractivity contribution in [3.8, 4) is 0 Å². The number of likely N-dealkylation sites (N-methyl/N-ethyl adjacent to an activating group) is 1. The Labute approximate surface area is 143 Å². The van der Waals surface area contributed by atoms with Gasteiger partial charge in [0.2, 0.25) is 5.91 Å². The maximum Gasteiger partial charge on any atom is 0.228 e. The molecule has 1 aromatic carbocycles. The van der Waals surface area contributed by atoms with E-state index in [1.165, 1.54) is 12.1 Å². The molecular formula is C18H18FN3OS. The van der Waals surface area contributed by atoms with Crippen molar-refractivity contribution in [2.75, 3.05) is 7.05 Å². The summed E-state index contributed by atoms with van der Waals surface area (Å²) in [6, 6.07) is 6.52. The van der Waals surface area contributed by atoms with Crippen LogP contribution in [0, 0.1) is 11.7 Å². The summed E-state index contributed by atoms with van der Waals surface area (Å²) in [7, 11) is 1.84. The molecule has 1 saturated carbocycles. The summed E-state index contributed by atoms with van der Waals surface area (Å²) in [5, 5.41) is 1.97. The molecule has 1 aliphatic carbocycles. The van der Waals surface area contributed by atoms with Crippen molar-refractivity contribution in [3.05, 3.63) is 59.1 Å². The quantitative estimate of drug-likeness (QED) is 0.709. The molecule has 124 valence electrons. The van der Waals surface area contributed by atoms with Gasteiger partial charge in [0.1, 0.15) is 5.82 Å². The number of rotatable bonds is 5. The van der Waals surface area contributed by atoms with Crippen molar-refractivity contribution >= 4 is 22.2 Å². The molecule has 4 rings (SSSR count). The second kappa shape index (κ2) is 6.02. The smallest absolute Gasteiger partial charge is 0.228 e. The van der Waals surface area contributed by atoms with Crippen molar-refractivity contribution in [1.29, 1.82) is 0 Å². The molecule has 1 amide bonds. The topological polar surface area (TPSA) is 37.6 Å². The van der Waals surface area contributed by atoms with Gasteiger partial charge in [-0.25, -0.2) is 9.37 Å². The fourth-order valence-corrected chi connectivity index (χ4v) is 3.90. The third-order valence-electron chi connectivity index (χ3n) is 4.57. The first-order valence-electron chi connectivity index (χ1n) is 8.04. The van der Waals surface area contributed by atoms with Gasteiger partial charge in [0.25, 0.3) is 0 Å². The van der Waals surface area contributed by atoms with E-state index in [-0.39, 0.29) is 24.2 Å². The highest BCUT2D eigenvalue weighted by Crippen LogP contribution is 2.44. The van der Waals surface area contributed by atoms with Crippen molar-refractivity contribution in [2.45, 2.75) is 25.3 Å². The zero-order valence-corrected chi connectivity index (χ0v) is 14.2. The Morgan fingerprint density at radius 3 is 2.83 bits per heavy atom. The molecule has 0 bridgehead atoms. The molecule has 0 aliphatic heterocycles. The number of hydrogen-bond acceptors (Lipinski definition) is 3. The van der Waals surface area contributed by atoms with Gasteiger partial charge >= 0.3 is 0 Å². The van der Waals surface area contributed by atoms with Gasteiger partial charge in [0.05, 0.1) is 18.2 Å². The SMILES string of the molecule is CN(C(=O)Cc1cn2ccsc2n1)[C@H](c1ccc(F)cc1)C1CC1. The molecule has 0 saturated heterocycles. The molecule has 1 aliphatic rings. The minimum atomic E-state index is -0.250. The number of fused-ring (bicyclic) bond motifs is 1. The van der Waals surface area contributed by atoms with Crippen LogP contribution in [0.4, 0.5) is 4.39 Å². The third kappa shape index (κ3) is 2.94. The highest BCUT2D eigenvalue weighted by atomic mass is 32.1. The number of aromatic nitrogens is 2. The van der Waals surface area contributed by atoms with Gasteiger partial charge in [0, 0.05) is 24.8 Å². The standard InChI is InChI=1S/C18H18FN3OS/c1-21(16(23)10-15-11-22-8-9-24-18(22)20-15)17(12-2-3-12)13-4-6-14(19)7-5-13/h4-9,11-12,17H,2-3,10H2,1H3/t17-/m0/s1. The molecule has 0 radical (unpaired) electrons. The van der Waals surface area contributed by atoms with Crippen LogP contribution >= 0.6 is 11.3 Å². The number of thiazole rings is 1. The molecule has 1 atom stereocenters. The van der Waals surface area contributed by atoms with E-state index in [2.05, 4.69) is 4.98 Å². The summed E-state index contributed by atoms with van der Waals surface area (Å²) in [5.74, 6) is 0.261. The lowest BCUT2D eigenvalue weighted by Gasteiger charge is -2.28. The van der Waals surface area contributed by atoms with Crippen molar-refractivity contribution in [3.63, 3.8) is 0 Å². The van der Waals surface area contributed by atoms with E-state index in [1.54, 1.807) is 28.4 Å². The van der Waals surface area contributed by atoms with E-state index in [4.69, 9.17) is 0 Å². The van der Waals surface area contributed by atoms with Crippen LogP contribution in [0.5, 0.6) is 0 Å². The number of halogens is 1. The maximum atomic E-state index is 13.2. The predicted molar refractivity (Wildman–Crippen MR) is 91.4 cm³/mol. The second-order valence-electron chi connectivity index (χ2n) is 6.34. The number of carbonyl (C=O) groups is 1. The van der Waals surface area contributed by atoms with E-state index < -0.39 is 0 Å². The zero-order chi connectivity index (χ0) is 16.7. The van der Waals surface area contributed by atoms with Gasteiger partial charge in [-0.1, -0.05) is 12.1 Å². The average molecular weight is 343 g/mol. The molecule has 0 spiro atoms. The maximum absolute atomic E-state index is 13.2. The summed E-state index contributed by atoms with van der Waals surface area (Å²) < 4.78 is 15.1. The number of hydrogen-bond donors (Lipinski definition) is 0. The monoisotopic (exact) mass is 343 g/mol. The van der Waals surface area contributed by atoms with Gasteiger partial charge in [0.15, 0.2) is 4.96 Å². The lowest BCUT2D eigenvalue weighted by Crippen LogP contribution is -2.33. The Morgan fingerprint density at radius 1 is 1.42 bits per heavy atom. The molecule has 2 aromatic heterocycles. The molecule has 24 heavy (non-hydrogen) atoms. The molecule has 0 N–H and O–H groups in total. The number of benzene rings is 1. The summed E-state index contributed by atoms with van der Waals surface area (Å²) in [4.78, 5) is 19.9. The molecule has 6 heteroatoms. The highest BCUT2D eigenvalue weighted by Gasteiger charge is 2.36. The Balaban J connectivity index is 1.53. The zero-order valence-electron chi connectivity index (χ0n) is 13.4. The average Bonchev–Trinajstić information content (AvgIpc) is 3.17. The highest BCUT2D eigenvalue weighted by molar-refractivity contribution is 7.15. The molecule has 4 nitrogen and oxygen atoms in total. The van der Waals surface area contributed by atoms with Crippen LogP contribution in [0.2, 0.25) is 0 Å². The first-order chi connectivity index (χ1) is 11.6. The first kappa shape index (κ1) is 15.3. The van der Waals surface area contributed by atoms with Crippen molar-refractivity contribution < 1.29 is 9.18 Å². The Morgan fingerprint density at radius 2 is 2.17 bits per heavy atom. The van der Waals surface area contributed by atoms with Crippen LogP contribution in [0.1, 0.15) is 30.1 Å². The molecule has 1 fully saturated rings. The fraction of sp³-hybridized carbons (Fsp3) is 0.333. The van der Waals surface area contributed by atoms with Crippen molar-refractivity contribution in [1.82, 2.24) is 14.3 Å². The molecule has 2 heterocycles. The minimum Gasteiger partial charge on any atom is -0.338 e. The van der Waals surface area contributed by atoms with Gasteiger partial charge in [-0.3, -0.25) is 9.20 Å². The van der Waals surface area contributed by atoms with Crippen molar-refractivity contribution in [2.24, 2.45) is 5.92 Å². The Hall–Kier alpha value is -2.21. The van der Waals surface area contributed by atoms with Crippen LogP contribution in [0.3, 0.4) is 0 Å². The number of imidazole rings is 1. The second-order valence-corrected chi connectivity index (χ2v) is 7.21. The van der Waals surface area contributed by atoms with Crippen LogP contribution in [-0.2, 0) is 11.2 Å². The molecular weight excluding hydrogens is 325 g/mol. The van der Waals surface area contributed by atoms with Gasteiger partial charge in [-0.2, -0.15) is 0 Å². The van der Waals surface area contributed by atoms with Crippen LogP contribution < -0.4 is 0 Å². The van der Waals surface area contributed by atoms with Gasteiger partial charge < -0.3 is 4.90 Å². The fourth-order valence-electron chi connectivity index (χ4n) is 3.18. The normalized spacial score (nSPS) is 15.6. The molecule has 3 aromatic rings. The largest absolute Gasteiger partial charge is 0.338 e. The van der Waals surface area contributed by atoms with Crippen LogP contribution in [0.25, 0.3) is 4.96 Å². The van der Waals surface area contributed by atoms with E-state index >= 15 is 0 Å². The molecule has 0 unspecified atom stereocenters. The summed E-state index contributed by atoms with van der Waals surface area (Å²) >= 11 is 1.55. The van der Waals surface area contributed by atoms with Crippen LogP contribution in [-0.4, -0.2) is 27.2 Å². The number of carbonyl (C=O) groups excluding carboxylic acids is 1.